The van der Waals surface area contributed by atoms with Crippen LogP contribution in [-0.4, -0.2) is 52.7 Å². The quantitative estimate of drug-likeness (QED) is 0.115. The van der Waals surface area contributed by atoms with Gasteiger partial charge in [0.15, 0.2) is 5.76 Å². The van der Waals surface area contributed by atoms with E-state index in [2.05, 4.69) is 0 Å². The number of halogens is 17. The molecule has 0 radical (unpaired) electrons. The third-order valence-electron chi connectivity index (χ3n) is 5.19. The van der Waals surface area contributed by atoms with Crippen molar-refractivity contribution < 1.29 is 79.7 Å². The molecule has 0 aliphatic carbocycles. The average molecular weight is 588 g/mol. The Bertz CT molecular complexity index is 767. The highest BCUT2D eigenvalue weighted by Crippen LogP contribution is 2.64. The molecule has 0 saturated carbocycles. The molecule has 0 spiro atoms. The minimum absolute atomic E-state index is 0.152. The molecule has 1 nitrogen and oxygen atoms in total. The van der Waals surface area contributed by atoms with Gasteiger partial charge in [-0.2, -0.15) is 74.6 Å². The average Bonchev–Trinajstić information content (AvgIpc) is 2.73. The Kier molecular flexibility index (Phi) is 10.7. The van der Waals surface area contributed by atoms with Crippen LogP contribution in [0.25, 0.3) is 0 Å². The number of hydrogen-bond donors (Lipinski definition) is 1. The second kappa shape index (κ2) is 11.2. The largest absolute Gasteiger partial charge is 0.506 e. The highest BCUT2D eigenvalue weighted by atomic mass is 19.4. The van der Waals surface area contributed by atoms with Gasteiger partial charge in [0.1, 0.15) is 0 Å². The van der Waals surface area contributed by atoms with Gasteiger partial charge in [-0.3, -0.25) is 0 Å². The van der Waals surface area contributed by atoms with Gasteiger partial charge in [-0.05, 0) is 18.9 Å². The molecule has 0 fully saturated rings. The fourth-order valence-corrected chi connectivity index (χ4v) is 2.79. The maximum Gasteiger partial charge on any atom is 0.460 e. The van der Waals surface area contributed by atoms with Gasteiger partial charge in [0.05, 0.1) is 0 Å². The lowest BCUT2D eigenvalue weighted by molar-refractivity contribution is -0.460. The summed E-state index contributed by atoms with van der Waals surface area (Å²) in [5, 5.41) is 9.06. The SMILES string of the molecule is CCCCCCCCCC=C(O)C(F)(F)C(F)(F)C(F)(F)C(F)(F)C(F)(F)C(F)(F)C(F)(F)C(F)(F)F. The lowest BCUT2D eigenvalue weighted by Gasteiger charge is -2.42. The van der Waals surface area contributed by atoms with Crippen molar-refractivity contribution in [3.05, 3.63) is 11.8 Å². The van der Waals surface area contributed by atoms with Gasteiger partial charge >= 0.3 is 47.6 Å². The molecular weight excluding hydrogens is 567 g/mol. The molecule has 0 unspecified atom stereocenters. The van der Waals surface area contributed by atoms with E-state index in [1.807, 2.05) is 6.92 Å². The number of rotatable bonds is 15. The second-order valence-electron chi connectivity index (χ2n) is 8.02. The maximum absolute atomic E-state index is 13.8. The van der Waals surface area contributed by atoms with Crippen LogP contribution in [0.1, 0.15) is 58.3 Å². The highest BCUT2D eigenvalue weighted by Gasteiger charge is 2.95. The first-order valence-corrected chi connectivity index (χ1v) is 10.3. The fraction of sp³-hybridized carbons (Fsp3) is 0.895. The topological polar surface area (TPSA) is 20.2 Å². The van der Waals surface area contributed by atoms with Gasteiger partial charge < -0.3 is 5.11 Å². The predicted octanol–water partition coefficient (Wildman–Crippen LogP) is 9.58. The van der Waals surface area contributed by atoms with Gasteiger partial charge in [0.2, 0.25) is 0 Å². The van der Waals surface area contributed by atoms with Gasteiger partial charge in [-0.25, -0.2) is 0 Å². The van der Waals surface area contributed by atoms with Crippen LogP contribution in [-0.2, 0) is 0 Å². The van der Waals surface area contributed by atoms with Crippen molar-refractivity contribution in [3.8, 4) is 0 Å². The van der Waals surface area contributed by atoms with E-state index in [0.717, 1.165) is 19.3 Å². The monoisotopic (exact) mass is 588 g/mol. The summed E-state index contributed by atoms with van der Waals surface area (Å²) in [5.41, 5.74) is 0. The molecule has 18 heteroatoms. The second-order valence-corrected chi connectivity index (χ2v) is 8.02. The van der Waals surface area contributed by atoms with Gasteiger partial charge in [0.25, 0.3) is 0 Å². The van der Waals surface area contributed by atoms with Crippen LogP contribution in [0.2, 0.25) is 0 Å². The summed E-state index contributed by atoms with van der Waals surface area (Å²) < 4.78 is 224. The molecule has 0 atom stereocenters. The molecule has 1 N–H and O–H groups in total. The molecule has 0 aromatic carbocycles. The van der Waals surface area contributed by atoms with E-state index in [4.69, 9.17) is 5.11 Å². The Morgan fingerprint density at radius 1 is 0.486 bits per heavy atom. The molecule has 0 aliphatic heterocycles. The Morgan fingerprint density at radius 2 is 0.811 bits per heavy atom. The number of hydrogen-bond acceptors (Lipinski definition) is 1. The molecule has 222 valence electrons. The Balaban J connectivity index is 6.09. The molecule has 0 aromatic heterocycles. The van der Waals surface area contributed by atoms with Gasteiger partial charge in [-0.1, -0.05) is 45.4 Å². The van der Waals surface area contributed by atoms with Crippen molar-refractivity contribution in [1.29, 1.82) is 0 Å². The summed E-state index contributed by atoms with van der Waals surface area (Å²) in [5.74, 6) is -60.4. The zero-order valence-corrected chi connectivity index (χ0v) is 18.6. The summed E-state index contributed by atoms with van der Waals surface area (Å²) in [4.78, 5) is 0. The summed E-state index contributed by atoms with van der Waals surface area (Å²) in [6, 6.07) is 0. The first-order chi connectivity index (χ1) is 16.2. The zero-order chi connectivity index (χ0) is 29.9. The Morgan fingerprint density at radius 3 is 1.19 bits per heavy atom. The smallest absolute Gasteiger partial charge is 0.460 e. The summed E-state index contributed by atoms with van der Waals surface area (Å²) in [6.45, 7) is 1.88. The van der Waals surface area contributed by atoms with E-state index < -0.39 is 59.8 Å². The molecule has 0 bridgehead atoms. The van der Waals surface area contributed by atoms with Crippen molar-refractivity contribution >= 4 is 0 Å². The summed E-state index contributed by atoms with van der Waals surface area (Å²) in [7, 11) is 0. The highest BCUT2D eigenvalue weighted by molar-refractivity contribution is 5.20. The van der Waals surface area contributed by atoms with Crippen LogP contribution in [0.5, 0.6) is 0 Å². The van der Waals surface area contributed by atoms with Crippen LogP contribution in [0.3, 0.4) is 0 Å². The van der Waals surface area contributed by atoms with E-state index in [1.54, 1.807) is 0 Å². The third kappa shape index (κ3) is 6.01. The number of alkyl halides is 17. The van der Waals surface area contributed by atoms with Crippen LogP contribution in [0.4, 0.5) is 74.6 Å². The molecule has 0 aliphatic rings. The van der Waals surface area contributed by atoms with Crippen LogP contribution in [0.15, 0.2) is 11.8 Å². The normalized spacial score (nSPS) is 15.9. The van der Waals surface area contributed by atoms with Gasteiger partial charge in [-0.15, -0.1) is 0 Å². The summed E-state index contributed by atoms with van der Waals surface area (Å²) >= 11 is 0. The van der Waals surface area contributed by atoms with E-state index in [0.29, 0.717) is 12.8 Å². The van der Waals surface area contributed by atoms with Crippen molar-refractivity contribution in [2.24, 2.45) is 0 Å². The van der Waals surface area contributed by atoms with Crippen molar-refractivity contribution in [2.45, 2.75) is 106 Å². The van der Waals surface area contributed by atoms with Crippen molar-refractivity contribution in [1.82, 2.24) is 0 Å². The van der Waals surface area contributed by atoms with Crippen LogP contribution >= 0.6 is 0 Å². The molecular formula is C19H21F17O. The van der Waals surface area contributed by atoms with E-state index in [1.165, 1.54) is 0 Å². The minimum atomic E-state index is -8.68. The lowest BCUT2D eigenvalue weighted by atomic mass is 9.88. The predicted molar refractivity (Wildman–Crippen MR) is 94.0 cm³/mol. The molecule has 0 heterocycles. The fourth-order valence-electron chi connectivity index (χ4n) is 2.79. The zero-order valence-electron chi connectivity index (χ0n) is 18.6. The standard InChI is InChI=1S/C19H21F17O/c1-2-3-4-5-6-7-8-9-10-11(37)12(20,21)13(22,23)14(24,25)15(26,27)16(28,29)17(30,31)18(32,33)19(34,35)36/h10,37H,2-9H2,1H3. The van der Waals surface area contributed by atoms with Crippen LogP contribution in [0, 0.1) is 0 Å². The van der Waals surface area contributed by atoms with E-state index >= 15 is 0 Å². The molecule has 37 heavy (non-hydrogen) atoms. The number of aliphatic hydroxyl groups is 1. The van der Waals surface area contributed by atoms with E-state index in [9.17, 15) is 74.6 Å². The maximum atomic E-state index is 13.8. The number of unbranched alkanes of at least 4 members (excludes halogenated alkanes) is 7. The van der Waals surface area contributed by atoms with Crippen molar-refractivity contribution in [3.63, 3.8) is 0 Å². The summed E-state index contributed by atoms with van der Waals surface area (Å²) in [6.07, 6.45) is -5.18. The first-order valence-electron chi connectivity index (χ1n) is 10.3. The number of aliphatic hydroxyl groups excluding tert-OH is 1. The minimum Gasteiger partial charge on any atom is -0.506 e. The number of allylic oxidation sites excluding steroid dienone is 2. The van der Waals surface area contributed by atoms with Gasteiger partial charge in [0, 0.05) is 0 Å². The van der Waals surface area contributed by atoms with E-state index in [-0.39, 0.29) is 18.9 Å². The Hall–Kier alpha value is -1.65. The Labute approximate surface area is 198 Å². The molecule has 0 saturated heterocycles. The first kappa shape index (κ1) is 35.4. The van der Waals surface area contributed by atoms with Crippen LogP contribution < -0.4 is 0 Å². The lowest BCUT2D eigenvalue weighted by Crippen LogP contribution is -2.74. The molecule has 0 amide bonds. The third-order valence-corrected chi connectivity index (χ3v) is 5.19. The van der Waals surface area contributed by atoms with Crippen molar-refractivity contribution in [2.75, 3.05) is 0 Å². The molecule has 0 rings (SSSR count). The molecule has 0 aromatic rings.